The monoisotopic (exact) mass is 301 g/mol. The maximum absolute atomic E-state index is 6.11. The van der Waals surface area contributed by atoms with Crippen LogP contribution in [0.3, 0.4) is 0 Å². The fourth-order valence-electron chi connectivity index (χ4n) is 2.59. The van der Waals surface area contributed by atoms with Crippen molar-refractivity contribution in [2.45, 2.75) is 37.5 Å². The highest BCUT2D eigenvalue weighted by Gasteiger charge is 2.13. The molecule has 0 saturated carbocycles. The minimum atomic E-state index is -0.0390. The van der Waals surface area contributed by atoms with E-state index in [1.54, 1.807) is 7.11 Å². The zero-order valence-electron chi connectivity index (χ0n) is 13.1. The molecule has 0 unspecified atom stereocenters. The van der Waals surface area contributed by atoms with Gasteiger partial charge in [-0.25, -0.2) is 0 Å². The van der Waals surface area contributed by atoms with Gasteiger partial charge in [0.2, 0.25) is 0 Å². The van der Waals surface area contributed by atoms with E-state index in [-0.39, 0.29) is 6.04 Å². The lowest BCUT2D eigenvalue weighted by atomic mass is 10.1. The zero-order chi connectivity index (χ0) is 15.4. The van der Waals surface area contributed by atoms with Crippen molar-refractivity contribution in [3.63, 3.8) is 0 Å². The highest BCUT2D eigenvalue weighted by Crippen LogP contribution is 2.35. The second-order valence-corrected chi connectivity index (χ2v) is 6.46. The number of hydrogen-bond donors (Lipinski definition) is 1. The van der Waals surface area contributed by atoms with Gasteiger partial charge in [-0.2, -0.15) is 0 Å². The minimum absolute atomic E-state index is 0.0390. The van der Waals surface area contributed by atoms with Crippen molar-refractivity contribution >= 4 is 11.8 Å². The molecule has 0 aromatic heterocycles. The molecule has 112 valence electrons. The van der Waals surface area contributed by atoms with Crippen molar-refractivity contribution < 1.29 is 4.74 Å². The van der Waals surface area contributed by atoms with Crippen LogP contribution in [-0.2, 0) is 5.75 Å². The third-order valence-corrected chi connectivity index (χ3v) is 4.52. The molecule has 0 saturated heterocycles. The molecular weight excluding hydrogens is 278 g/mol. The molecule has 3 heteroatoms. The number of rotatable bonds is 5. The largest absolute Gasteiger partial charge is 0.496 e. The standard InChI is InChI=1S/C18H23NOS/c1-12-8-13(2)10-15(9-12)11-21-17-7-5-6-16(20-4)18(17)14(3)19/h5-10,14H,11,19H2,1-4H3/t14-/m1/s1. The van der Waals surface area contributed by atoms with E-state index in [1.165, 1.54) is 21.6 Å². The molecule has 0 aliphatic heterocycles. The normalized spacial score (nSPS) is 12.2. The van der Waals surface area contributed by atoms with Gasteiger partial charge in [0, 0.05) is 22.3 Å². The number of ether oxygens (including phenoxy) is 1. The van der Waals surface area contributed by atoms with Gasteiger partial charge < -0.3 is 10.5 Å². The number of hydrogen-bond acceptors (Lipinski definition) is 3. The summed E-state index contributed by atoms with van der Waals surface area (Å²) in [6.07, 6.45) is 0. The predicted octanol–water partition coefficient (Wildman–Crippen LogP) is 4.62. The van der Waals surface area contributed by atoms with Crippen LogP contribution >= 0.6 is 11.8 Å². The fraction of sp³-hybridized carbons (Fsp3) is 0.333. The first-order valence-corrected chi connectivity index (χ1v) is 8.12. The van der Waals surface area contributed by atoms with E-state index in [1.807, 2.05) is 30.8 Å². The Labute approximate surface area is 131 Å². The van der Waals surface area contributed by atoms with Gasteiger partial charge in [0.15, 0.2) is 0 Å². The zero-order valence-corrected chi connectivity index (χ0v) is 14.0. The van der Waals surface area contributed by atoms with Gasteiger partial charge in [0.1, 0.15) is 5.75 Å². The van der Waals surface area contributed by atoms with E-state index in [0.717, 1.165) is 17.1 Å². The van der Waals surface area contributed by atoms with E-state index in [9.17, 15) is 0 Å². The SMILES string of the molecule is COc1cccc(SCc2cc(C)cc(C)c2)c1[C@@H](C)N. The maximum Gasteiger partial charge on any atom is 0.124 e. The minimum Gasteiger partial charge on any atom is -0.496 e. The number of aryl methyl sites for hydroxylation is 2. The molecule has 0 amide bonds. The molecule has 2 nitrogen and oxygen atoms in total. The summed E-state index contributed by atoms with van der Waals surface area (Å²) < 4.78 is 5.44. The molecule has 0 aliphatic carbocycles. The molecule has 0 fully saturated rings. The summed E-state index contributed by atoms with van der Waals surface area (Å²) in [6, 6.07) is 12.8. The molecule has 2 rings (SSSR count). The van der Waals surface area contributed by atoms with Gasteiger partial charge >= 0.3 is 0 Å². The van der Waals surface area contributed by atoms with Crippen molar-refractivity contribution in [2.75, 3.05) is 7.11 Å². The van der Waals surface area contributed by atoms with Gasteiger partial charge in [0.25, 0.3) is 0 Å². The first kappa shape index (κ1) is 15.9. The smallest absolute Gasteiger partial charge is 0.124 e. The molecule has 0 spiro atoms. The Morgan fingerprint density at radius 2 is 1.81 bits per heavy atom. The lowest BCUT2D eigenvalue weighted by Gasteiger charge is -2.16. The molecule has 0 bridgehead atoms. The molecule has 21 heavy (non-hydrogen) atoms. The van der Waals surface area contributed by atoms with E-state index in [2.05, 4.69) is 38.1 Å². The molecule has 2 aromatic carbocycles. The van der Waals surface area contributed by atoms with Crippen LogP contribution in [0, 0.1) is 13.8 Å². The fourth-order valence-corrected chi connectivity index (χ4v) is 3.70. The summed E-state index contributed by atoms with van der Waals surface area (Å²) in [5.74, 6) is 1.81. The van der Waals surface area contributed by atoms with Crippen LogP contribution in [0.25, 0.3) is 0 Å². The Balaban J connectivity index is 2.23. The Hall–Kier alpha value is -1.45. The van der Waals surface area contributed by atoms with Crippen molar-refractivity contribution in [1.29, 1.82) is 0 Å². The van der Waals surface area contributed by atoms with Gasteiger partial charge in [-0.05, 0) is 38.5 Å². The van der Waals surface area contributed by atoms with E-state index < -0.39 is 0 Å². The number of methoxy groups -OCH3 is 1. The average molecular weight is 301 g/mol. The van der Waals surface area contributed by atoms with E-state index >= 15 is 0 Å². The Bertz CT molecular complexity index is 602. The van der Waals surface area contributed by atoms with E-state index in [4.69, 9.17) is 10.5 Å². The molecule has 0 aliphatic rings. The second-order valence-electron chi connectivity index (χ2n) is 5.45. The Kier molecular flexibility index (Phi) is 5.32. The van der Waals surface area contributed by atoms with Crippen molar-refractivity contribution in [3.05, 3.63) is 58.7 Å². The molecule has 0 radical (unpaired) electrons. The highest BCUT2D eigenvalue weighted by atomic mass is 32.2. The van der Waals surface area contributed by atoms with Gasteiger partial charge in [-0.15, -0.1) is 11.8 Å². The van der Waals surface area contributed by atoms with Crippen LogP contribution in [0.4, 0.5) is 0 Å². The summed E-state index contributed by atoms with van der Waals surface area (Å²) >= 11 is 1.82. The maximum atomic E-state index is 6.11. The van der Waals surface area contributed by atoms with Crippen LogP contribution in [0.2, 0.25) is 0 Å². The summed E-state index contributed by atoms with van der Waals surface area (Å²) in [5.41, 5.74) is 11.2. The molecular formula is C18H23NOS. The Morgan fingerprint density at radius 1 is 1.14 bits per heavy atom. The molecule has 2 N–H and O–H groups in total. The van der Waals surface area contributed by atoms with Crippen molar-refractivity contribution in [2.24, 2.45) is 5.73 Å². The topological polar surface area (TPSA) is 35.2 Å². The van der Waals surface area contributed by atoms with Gasteiger partial charge in [-0.3, -0.25) is 0 Å². The van der Waals surface area contributed by atoms with Crippen LogP contribution in [0.1, 0.15) is 35.2 Å². The van der Waals surface area contributed by atoms with Gasteiger partial charge in [-0.1, -0.05) is 35.4 Å². The lowest BCUT2D eigenvalue weighted by molar-refractivity contribution is 0.405. The third-order valence-electron chi connectivity index (χ3n) is 3.38. The van der Waals surface area contributed by atoms with Crippen molar-refractivity contribution in [3.8, 4) is 5.75 Å². The summed E-state index contributed by atoms with van der Waals surface area (Å²) in [5, 5.41) is 0. The van der Waals surface area contributed by atoms with Gasteiger partial charge in [0.05, 0.1) is 7.11 Å². The highest BCUT2D eigenvalue weighted by molar-refractivity contribution is 7.98. The number of nitrogens with two attached hydrogens (primary N) is 1. The first-order chi connectivity index (χ1) is 10.0. The van der Waals surface area contributed by atoms with E-state index in [0.29, 0.717) is 0 Å². The van der Waals surface area contributed by atoms with Crippen LogP contribution in [0.15, 0.2) is 41.3 Å². The predicted molar refractivity (Wildman–Crippen MR) is 91.1 cm³/mol. The molecule has 1 atom stereocenters. The van der Waals surface area contributed by atoms with Crippen LogP contribution < -0.4 is 10.5 Å². The lowest BCUT2D eigenvalue weighted by Crippen LogP contribution is -2.08. The van der Waals surface area contributed by atoms with Crippen LogP contribution in [-0.4, -0.2) is 7.11 Å². The second kappa shape index (κ2) is 7.01. The number of thioether (sulfide) groups is 1. The van der Waals surface area contributed by atoms with Crippen LogP contribution in [0.5, 0.6) is 5.75 Å². The summed E-state index contributed by atoms with van der Waals surface area (Å²) in [4.78, 5) is 1.20. The summed E-state index contributed by atoms with van der Waals surface area (Å²) in [7, 11) is 1.69. The third kappa shape index (κ3) is 4.02. The first-order valence-electron chi connectivity index (χ1n) is 7.13. The summed E-state index contributed by atoms with van der Waals surface area (Å²) in [6.45, 7) is 6.28. The molecule has 0 heterocycles. The average Bonchev–Trinajstić information content (AvgIpc) is 2.43. The quantitative estimate of drug-likeness (QED) is 0.818. The Morgan fingerprint density at radius 3 is 2.38 bits per heavy atom. The number of benzene rings is 2. The molecule has 2 aromatic rings. The van der Waals surface area contributed by atoms with Crippen molar-refractivity contribution in [1.82, 2.24) is 0 Å².